The molecule has 2 rings (SSSR count). The van der Waals surface area contributed by atoms with Gasteiger partial charge in [0.1, 0.15) is 11.8 Å². The summed E-state index contributed by atoms with van der Waals surface area (Å²) in [5.74, 6) is 0. The Hall–Kier alpha value is -2.25. The first kappa shape index (κ1) is 12.2. The molecule has 1 atom stereocenters. The van der Waals surface area contributed by atoms with Crippen LogP contribution >= 0.6 is 0 Å². The second-order valence-corrected chi connectivity index (χ2v) is 4.01. The van der Waals surface area contributed by atoms with Gasteiger partial charge in [0.05, 0.1) is 0 Å². The van der Waals surface area contributed by atoms with Crippen molar-refractivity contribution < 1.29 is 0 Å². The molecule has 1 N–H and O–H groups in total. The average molecular weight is 238 g/mol. The molecule has 0 aromatic carbocycles. The quantitative estimate of drug-likeness (QED) is 0.887. The molecule has 0 radical (unpaired) electrons. The molecule has 18 heavy (non-hydrogen) atoms. The Kier molecular flexibility index (Phi) is 4.00. The molecule has 0 fully saturated rings. The van der Waals surface area contributed by atoms with Crippen molar-refractivity contribution in [2.75, 3.05) is 0 Å². The van der Waals surface area contributed by atoms with Crippen LogP contribution in [0.1, 0.15) is 29.8 Å². The summed E-state index contributed by atoms with van der Waals surface area (Å²) in [7, 11) is 0. The third kappa shape index (κ3) is 2.90. The van der Waals surface area contributed by atoms with Gasteiger partial charge < -0.3 is 5.32 Å². The molecule has 0 saturated heterocycles. The smallest absolute Gasteiger partial charge is 0.144 e. The molecule has 0 aliphatic rings. The highest BCUT2D eigenvalue weighted by Gasteiger charge is 2.06. The van der Waals surface area contributed by atoms with Crippen molar-refractivity contribution in [3.63, 3.8) is 0 Å². The Labute approximate surface area is 106 Å². The van der Waals surface area contributed by atoms with Crippen molar-refractivity contribution in [1.29, 1.82) is 5.26 Å². The topological polar surface area (TPSA) is 61.6 Å². The van der Waals surface area contributed by atoms with Crippen LogP contribution in [0.5, 0.6) is 0 Å². The number of rotatable bonds is 4. The van der Waals surface area contributed by atoms with E-state index in [0.29, 0.717) is 12.2 Å². The molecule has 90 valence electrons. The Morgan fingerprint density at radius 2 is 2.06 bits per heavy atom. The third-order valence-electron chi connectivity index (χ3n) is 2.80. The van der Waals surface area contributed by atoms with Gasteiger partial charge in [-0.15, -0.1) is 0 Å². The van der Waals surface area contributed by atoms with Gasteiger partial charge in [-0.3, -0.25) is 4.98 Å². The van der Waals surface area contributed by atoms with Crippen LogP contribution in [0.2, 0.25) is 0 Å². The minimum atomic E-state index is 0.208. The summed E-state index contributed by atoms with van der Waals surface area (Å²) < 4.78 is 0. The number of hydrogen-bond donors (Lipinski definition) is 1. The molecule has 2 aromatic heterocycles. The third-order valence-corrected chi connectivity index (χ3v) is 2.80. The van der Waals surface area contributed by atoms with Gasteiger partial charge in [0.2, 0.25) is 0 Å². The maximum atomic E-state index is 8.95. The largest absolute Gasteiger partial charge is 0.306 e. The van der Waals surface area contributed by atoms with E-state index < -0.39 is 0 Å². The zero-order valence-corrected chi connectivity index (χ0v) is 10.2. The predicted molar refractivity (Wildman–Crippen MR) is 68.4 cm³/mol. The lowest BCUT2D eigenvalue weighted by atomic mass is 10.1. The number of nitrogens with one attached hydrogen (secondary N) is 1. The maximum absolute atomic E-state index is 8.95. The van der Waals surface area contributed by atoms with Gasteiger partial charge in [-0.25, -0.2) is 4.98 Å². The van der Waals surface area contributed by atoms with E-state index in [1.807, 2.05) is 24.3 Å². The lowest BCUT2D eigenvalue weighted by Crippen LogP contribution is -2.18. The van der Waals surface area contributed by atoms with Crippen molar-refractivity contribution in [2.45, 2.75) is 19.5 Å². The predicted octanol–water partition coefficient (Wildman–Crippen LogP) is 2.20. The Balaban J connectivity index is 2.02. The molecule has 0 amide bonds. The van der Waals surface area contributed by atoms with Crippen LogP contribution in [0.4, 0.5) is 0 Å². The van der Waals surface area contributed by atoms with Gasteiger partial charge in [0.25, 0.3) is 0 Å². The molecule has 2 aromatic rings. The van der Waals surface area contributed by atoms with Gasteiger partial charge in [-0.1, -0.05) is 6.07 Å². The molecule has 0 bridgehead atoms. The van der Waals surface area contributed by atoms with E-state index in [4.69, 9.17) is 5.26 Å². The lowest BCUT2D eigenvalue weighted by molar-refractivity contribution is 0.572. The van der Waals surface area contributed by atoms with Gasteiger partial charge in [0, 0.05) is 36.7 Å². The minimum absolute atomic E-state index is 0.208. The molecule has 0 saturated carbocycles. The van der Waals surface area contributed by atoms with E-state index in [9.17, 15) is 0 Å². The summed E-state index contributed by atoms with van der Waals surface area (Å²) in [6.45, 7) is 2.71. The number of pyridine rings is 2. The average Bonchev–Trinajstić information content (AvgIpc) is 2.46. The first-order valence-corrected chi connectivity index (χ1v) is 5.78. The molecule has 0 unspecified atom stereocenters. The first-order chi connectivity index (χ1) is 8.81. The van der Waals surface area contributed by atoms with Crippen LogP contribution in [0.15, 0.2) is 42.9 Å². The van der Waals surface area contributed by atoms with E-state index >= 15 is 0 Å². The molecule has 0 spiro atoms. The Bertz CT molecular complexity index is 545. The lowest BCUT2D eigenvalue weighted by Gasteiger charge is -2.14. The summed E-state index contributed by atoms with van der Waals surface area (Å²) in [6.07, 6.45) is 5.19. The normalized spacial score (nSPS) is 11.8. The summed E-state index contributed by atoms with van der Waals surface area (Å²) in [5, 5.41) is 12.3. The molecular formula is C14H14N4. The number of nitriles is 1. The van der Waals surface area contributed by atoms with Crippen LogP contribution in [-0.4, -0.2) is 9.97 Å². The van der Waals surface area contributed by atoms with Crippen LogP contribution in [0.25, 0.3) is 0 Å². The highest BCUT2D eigenvalue weighted by Crippen LogP contribution is 2.12. The molecular weight excluding hydrogens is 224 g/mol. The molecule has 4 nitrogen and oxygen atoms in total. The molecule has 0 aliphatic heterocycles. The standard InChI is InChI=1S/C14H14N4/c1-11(12-4-7-16-8-5-12)18-10-13-3-2-6-17-14(13)9-15/h2-8,11,18H,10H2,1H3/t11-/m1/s1. The summed E-state index contributed by atoms with van der Waals surface area (Å²) in [5.41, 5.74) is 2.57. The van der Waals surface area contributed by atoms with Crippen molar-refractivity contribution in [3.05, 3.63) is 59.7 Å². The second-order valence-electron chi connectivity index (χ2n) is 4.01. The van der Waals surface area contributed by atoms with Gasteiger partial charge in [-0.05, 0) is 30.7 Å². The highest BCUT2D eigenvalue weighted by molar-refractivity contribution is 5.30. The summed E-state index contributed by atoms with van der Waals surface area (Å²) in [6, 6.07) is 10.0. The van der Waals surface area contributed by atoms with Gasteiger partial charge >= 0.3 is 0 Å². The summed E-state index contributed by atoms with van der Waals surface area (Å²) >= 11 is 0. The fourth-order valence-corrected chi connectivity index (χ4v) is 1.71. The summed E-state index contributed by atoms with van der Waals surface area (Å²) in [4.78, 5) is 8.03. The minimum Gasteiger partial charge on any atom is -0.306 e. The van der Waals surface area contributed by atoms with Crippen molar-refractivity contribution >= 4 is 0 Å². The Morgan fingerprint density at radius 1 is 1.28 bits per heavy atom. The van der Waals surface area contributed by atoms with Crippen molar-refractivity contribution in [1.82, 2.24) is 15.3 Å². The van der Waals surface area contributed by atoms with Crippen LogP contribution in [0, 0.1) is 11.3 Å². The van der Waals surface area contributed by atoms with Gasteiger partial charge in [0.15, 0.2) is 0 Å². The fourth-order valence-electron chi connectivity index (χ4n) is 1.71. The van der Waals surface area contributed by atoms with E-state index in [-0.39, 0.29) is 6.04 Å². The molecule has 0 aliphatic carbocycles. The van der Waals surface area contributed by atoms with E-state index in [0.717, 1.165) is 5.56 Å². The highest BCUT2D eigenvalue weighted by atomic mass is 14.9. The number of nitrogens with zero attached hydrogens (tertiary/aromatic N) is 3. The second kappa shape index (κ2) is 5.89. The molecule has 4 heteroatoms. The van der Waals surface area contributed by atoms with Gasteiger partial charge in [-0.2, -0.15) is 5.26 Å². The van der Waals surface area contributed by atoms with Crippen molar-refractivity contribution in [2.24, 2.45) is 0 Å². The maximum Gasteiger partial charge on any atom is 0.144 e. The van der Waals surface area contributed by atoms with E-state index in [1.54, 1.807) is 18.6 Å². The van der Waals surface area contributed by atoms with Crippen LogP contribution in [0.3, 0.4) is 0 Å². The zero-order chi connectivity index (χ0) is 12.8. The number of hydrogen-bond acceptors (Lipinski definition) is 4. The number of aromatic nitrogens is 2. The van der Waals surface area contributed by atoms with Crippen molar-refractivity contribution in [3.8, 4) is 6.07 Å². The first-order valence-electron chi connectivity index (χ1n) is 5.78. The Morgan fingerprint density at radius 3 is 2.78 bits per heavy atom. The van der Waals surface area contributed by atoms with Crippen LogP contribution < -0.4 is 5.32 Å². The van der Waals surface area contributed by atoms with Crippen LogP contribution in [-0.2, 0) is 6.54 Å². The monoisotopic (exact) mass is 238 g/mol. The molecule has 2 heterocycles. The van der Waals surface area contributed by atoms with E-state index in [1.165, 1.54) is 5.56 Å². The van der Waals surface area contributed by atoms with E-state index in [2.05, 4.69) is 28.3 Å². The zero-order valence-electron chi connectivity index (χ0n) is 10.2. The SMILES string of the molecule is C[C@@H](NCc1cccnc1C#N)c1ccncc1. The fraction of sp³-hybridized carbons (Fsp3) is 0.214.